The van der Waals surface area contributed by atoms with Crippen molar-refractivity contribution >= 4 is 5.69 Å². The van der Waals surface area contributed by atoms with Gasteiger partial charge in [0.25, 0.3) is 0 Å². The fourth-order valence-electron chi connectivity index (χ4n) is 6.44. The summed E-state index contributed by atoms with van der Waals surface area (Å²) in [7, 11) is 4.45. The summed E-state index contributed by atoms with van der Waals surface area (Å²) in [5, 5.41) is 3.68. The first-order chi connectivity index (χ1) is 16.6. The zero-order valence-corrected chi connectivity index (χ0v) is 21.7. The number of hydrogen-bond acceptors (Lipinski definition) is 3. The Morgan fingerprint density at radius 1 is 1.17 bits per heavy atom. The molecule has 3 aliphatic rings. The second-order valence-electron chi connectivity index (χ2n) is 11.3. The third-order valence-electron chi connectivity index (χ3n) is 8.67. The zero-order chi connectivity index (χ0) is 25.2. The van der Waals surface area contributed by atoms with E-state index in [0.717, 1.165) is 37.1 Å². The SMILES string of the molecule is C[C@H](CC[C@@H]1[C@H](C)c2cc(C(F)(F)F)ccc2N[C@H]1C1C=CC=CC1)CN(C)C1CCN(C)CC1. The number of nitrogens with zero attached hydrogens (tertiary/aromatic N) is 2. The van der Waals surface area contributed by atoms with Crippen molar-refractivity contribution in [3.8, 4) is 0 Å². The Kier molecular flexibility index (Phi) is 8.32. The molecule has 0 amide bonds. The molecule has 2 heterocycles. The molecule has 0 bridgehead atoms. The molecule has 2 aliphatic heterocycles. The summed E-state index contributed by atoms with van der Waals surface area (Å²) in [6, 6.07) is 5.12. The van der Waals surface area contributed by atoms with Crippen LogP contribution in [0.1, 0.15) is 63.0 Å². The van der Waals surface area contributed by atoms with Crippen molar-refractivity contribution in [2.75, 3.05) is 39.0 Å². The summed E-state index contributed by atoms with van der Waals surface area (Å²) in [4.78, 5) is 4.94. The number of fused-ring (bicyclic) bond motifs is 1. The standard InChI is InChI=1S/C29H42F3N3/c1-20(19-35(4)24-14-16-34(3)17-15-24)10-12-25-21(2)26-18-23(29(30,31)32)11-13-27(26)33-28(25)22-8-6-5-7-9-22/h5-8,11,13,18,20-22,24-25,28,33H,9-10,12,14-17,19H2,1-4H3/t20-,21+,22?,25-,28+/m1/s1. The molecule has 0 spiro atoms. The van der Waals surface area contributed by atoms with Gasteiger partial charge in [0, 0.05) is 30.2 Å². The van der Waals surface area contributed by atoms with E-state index in [9.17, 15) is 13.2 Å². The van der Waals surface area contributed by atoms with Gasteiger partial charge >= 0.3 is 6.18 Å². The lowest BCUT2D eigenvalue weighted by Gasteiger charge is -2.43. The summed E-state index contributed by atoms with van der Waals surface area (Å²) >= 11 is 0. The van der Waals surface area contributed by atoms with Crippen molar-refractivity contribution in [1.82, 2.24) is 9.80 Å². The lowest BCUT2D eigenvalue weighted by atomic mass is 9.70. The van der Waals surface area contributed by atoms with Gasteiger partial charge in [-0.05, 0) is 101 Å². The number of likely N-dealkylation sites (tertiary alicyclic amines) is 1. The molecule has 1 aromatic carbocycles. The second kappa shape index (κ2) is 11.1. The average Bonchev–Trinajstić information content (AvgIpc) is 2.83. The summed E-state index contributed by atoms with van der Waals surface area (Å²) in [6.45, 7) is 7.88. The van der Waals surface area contributed by atoms with Crippen LogP contribution in [0, 0.1) is 17.8 Å². The van der Waals surface area contributed by atoms with E-state index in [4.69, 9.17) is 0 Å². The molecule has 0 aromatic heterocycles. The minimum atomic E-state index is -4.31. The molecule has 1 unspecified atom stereocenters. The van der Waals surface area contributed by atoms with Crippen molar-refractivity contribution < 1.29 is 13.2 Å². The van der Waals surface area contributed by atoms with Gasteiger partial charge in [0.1, 0.15) is 0 Å². The summed E-state index contributed by atoms with van der Waals surface area (Å²) < 4.78 is 40.4. The maximum absolute atomic E-state index is 13.5. The Balaban J connectivity index is 1.46. The van der Waals surface area contributed by atoms with E-state index in [-0.39, 0.29) is 12.0 Å². The highest BCUT2D eigenvalue weighted by molar-refractivity contribution is 5.58. The highest BCUT2D eigenvalue weighted by atomic mass is 19.4. The number of nitrogens with one attached hydrogen (secondary N) is 1. The number of halogens is 3. The van der Waals surface area contributed by atoms with Crippen LogP contribution in [0.25, 0.3) is 0 Å². The van der Waals surface area contributed by atoms with Crippen molar-refractivity contribution in [3.05, 3.63) is 53.6 Å². The Hall–Kier alpha value is -1.79. The van der Waals surface area contributed by atoms with Crippen molar-refractivity contribution in [2.45, 2.75) is 70.1 Å². The topological polar surface area (TPSA) is 18.5 Å². The molecule has 1 aliphatic carbocycles. The maximum atomic E-state index is 13.5. The van der Waals surface area contributed by atoms with Crippen LogP contribution in [-0.2, 0) is 6.18 Å². The van der Waals surface area contributed by atoms with E-state index in [1.54, 1.807) is 6.07 Å². The van der Waals surface area contributed by atoms with Crippen LogP contribution in [-0.4, -0.2) is 55.6 Å². The van der Waals surface area contributed by atoms with E-state index in [0.29, 0.717) is 23.8 Å². The highest BCUT2D eigenvalue weighted by Gasteiger charge is 2.39. The number of allylic oxidation sites excluding steroid dienone is 3. The average molecular weight is 490 g/mol. The Morgan fingerprint density at radius 3 is 2.57 bits per heavy atom. The highest BCUT2D eigenvalue weighted by Crippen LogP contribution is 2.46. The molecule has 35 heavy (non-hydrogen) atoms. The van der Waals surface area contributed by atoms with E-state index in [1.807, 2.05) is 0 Å². The van der Waals surface area contributed by atoms with Crippen LogP contribution in [0.3, 0.4) is 0 Å². The Bertz CT molecular complexity index is 901. The maximum Gasteiger partial charge on any atom is 0.416 e. The van der Waals surface area contributed by atoms with Crippen molar-refractivity contribution in [1.29, 1.82) is 0 Å². The summed E-state index contributed by atoms with van der Waals surface area (Å²) in [6.07, 6.45) is 9.89. The van der Waals surface area contributed by atoms with Crippen LogP contribution in [0.5, 0.6) is 0 Å². The first-order valence-electron chi connectivity index (χ1n) is 13.3. The summed E-state index contributed by atoms with van der Waals surface area (Å²) in [5.41, 5.74) is 1.13. The lowest BCUT2D eigenvalue weighted by molar-refractivity contribution is -0.137. The molecule has 1 N–H and O–H groups in total. The normalized spacial score (nSPS) is 28.7. The molecule has 5 atom stereocenters. The van der Waals surface area contributed by atoms with Gasteiger partial charge in [-0.2, -0.15) is 13.2 Å². The third-order valence-corrected chi connectivity index (χ3v) is 8.67. The van der Waals surface area contributed by atoms with E-state index >= 15 is 0 Å². The predicted octanol–water partition coefficient (Wildman–Crippen LogP) is 6.79. The van der Waals surface area contributed by atoms with E-state index < -0.39 is 11.7 Å². The number of benzene rings is 1. The zero-order valence-electron chi connectivity index (χ0n) is 21.7. The monoisotopic (exact) mass is 489 g/mol. The minimum absolute atomic E-state index is 0.0802. The Morgan fingerprint density at radius 2 is 1.91 bits per heavy atom. The molecule has 194 valence electrons. The van der Waals surface area contributed by atoms with Crippen LogP contribution in [0.15, 0.2) is 42.5 Å². The largest absolute Gasteiger partial charge is 0.416 e. The molecular weight excluding hydrogens is 447 g/mol. The minimum Gasteiger partial charge on any atom is -0.381 e. The van der Waals surface area contributed by atoms with Gasteiger partial charge in [-0.15, -0.1) is 0 Å². The van der Waals surface area contributed by atoms with Crippen LogP contribution >= 0.6 is 0 Å². The molecule has 3 nitrogen and oxygen atoms in total. The van der Waals surface area contributed by atoms with Gasteiger partial charge in [-0.3, -0.25) is 0 Å². The second-order valence-corrected chi connectivity index (χ2v) is 11.3. The smallest absolute Gasteiger partial charge is 0.381 e. The van der Waals surface area contributed by atoms with Gasteiger partial charge in [0.05, 0.1) is 5.56 Å². The molecule has 6 heteroatoms. The number of alkyl halides is 3. The predicted molar refractivity (Wildman–Crippen MR) is 139 cm³/mol. The lowest BCUT2D eigenvalue weighted by Crippen LogP contribution is -2.44. The fraction of sp³-hybridized carbons (Fsp3) is 0.655. The van der Waals surface area contributed by atoms with Crippen molar-refractivity contribution in [3.63, 3.8) is 0 Å². The van der Waals surface area contributed by atoms with Gasteiger partial charge < -0.3 is 15.1 Å². The number of rotatable bonds is 7. The van der Waals surface area contributed by atoms with E-state index in [1.165, 1.54) is 38.1 Å². The first kappa shape index (κ1) is 26.3. The number of piperidine rings is 1. The van der Waals surface area contributed by atoms with Gasteiger partial charge in [-0.25, -0.2) is 0 Å². The van der Waals surface area contributed by atoms with Gasteiger partial charge in [-0.1, -0.05) is 38.2 Å². The third kappa shape index (κ3) is 6.32. The molecule has 1 aromatic rings. The van der Waals surface area contributed by atoms with Gasteiger partial charge in [0.15, 0.2) is 0 Å². The molecular formula is C29H42F3N3. The Labute approximate surface area is 209 Å². The first-order valence-corrected chi connectivity index (χ1v) is 13.3. The molecule has 0 saturated carbocycles. The molecule has 1 saturated heterocycles. The fourth-order valence-corrected chi connectivity index (χ4v) is 6.44. The quantitative estimate of drug-likeness (QED) is 0.455. The van der Waals surface area contributed by atoms with Crippen LogP contribution in [0.4, 0.5) is 18.9 Å². The molecule has 1 fully saturated rings. The van der Waals surface area contributed by atoms with Crippen LogP contribution < -0.4 is 5.32 Å². The van der Waals surface area contributed by atoms with E-state index in [2.05, 4.69) is 67.4 Å². The number of hydrogen-bond donors (Lipinski definition) is 1. The number of anilines is 1. The molecule has 4 rings (SSSR count). The van der Waals surface area contributed by atoms with Gasteiger partial charge in [0.2, 0.25) is 0 Å². The molecule has 0 radical (unpaired) electrons. The van der Waals surface area contributed by atoms with Crippen LogP contribution in [0.2, 0.25) is 0 Å². The van der Waals surface area contributed by atoms with Crippen molar-refractivity contribution in [2.24, 2.45) is 17.8 Å². The summed E-state index contributed by atoms with van der Waals surface area (Å²) in [5.74, 6) is 1.29.